The van der Waals surface area contributed by atoms with Crippen LogP contribution in [0.2, 0.25) is 0 Å². The Morgan fingerprint density at radius 3 is 2.26 bits per heavy atom. The number of cyclic esters (lactones) is 1. The average Bonchev–Trinajstić information content (AvgIpc) is 2.80. The van der Waals surface area contributed by atoms with Gasteiger partial charge in [0.25, 0.3) is 0 Å². The van der Waals surface area contributed by atoms with Crippen LogP contribution in [0.25, 0.3) is 0 Å². The lowest BCUT2D eigenvalue weighted by molar-refractivity contribution is -0.105. The van der Waals surface area contributed by atoms with Crippen molar-refractivity contribution >= 4 is 18.1 Å². The lowest BCUT2D eigenvalue weighted by Crippen LogP contribution is -2.08. The van der Waals surface area contributed by atoms with Gasteiger partial charge in [0.15, 0.2) is 11.5 Å². The summed E-state index contributed by atoms with van der Waals surface area (Å²) in [4.78, 5) is 22.5. The van der Waals surface area contributed by atoms with Gasteiger partial charge in [0.2, 0.25) is 12.2 Å². The molecule has 7 nitrogen and oxygen atoms in total. The number of ether oxygens (including phenoxy) is 4. The number of hydrogen-bond acceptors (Lipinski definition) is 6. The van der Waals surface area contributed by atoms with Crippen LogP contribution in [0.1, 0.15) is 15.9 Å². The van der Waals surface area contributed by atoms with Crippen LogP contribution in [-0.2, 0) is 16.1 Å². The second-order valence-electron chi connectivity index (χ2n) is 3.67. The molecule has 1 amide bonds. The SMILES string of the molecule is COc1c2c(c(NC=O)c(OC)c1OC)C(=O)OC2. The van der Waals surface area contributed by atoms with Gasteiger partial charge in [0, 0.05) is 0 Å². The fraction of sp³-hybridized carbons (Fsp3) is 0.333. The van der Waals surface area contributed by atoms with Gasteiger partial charge in [-0.3, -0.25) is 4.79 Å². The van der Waals surface area contributed by atoms with Gasteiger partial charge >= 0.3 is 5.97 Å². The molecule has 0 spiro atoms. The summed E-state index contributed by atoms with van der Waals surface area (Å²) in [7, 11) is 4.29. The Kier molecular flexibility index (Phi) is 3.46. The predicted octanol–water partition coefficient (Wildman–Crippen LogP) is 0.951. The van der Waals surface area contributed by atoms with Crippen molar-refractivity contribution in [3.63, 3.8) is 0 Å². The molecule has 0 aliphatic carbocycles. The summed E-state index contributed by atoms with van der Waals surface area (Å²) >= 11 is 0. The van der Waals surface area contributed by atoms with Crippen molar-refractivity contribution in [3.8, 4) is 17.2 Å². The van der Waals surface area contributed by atoms with E-state index in [4.69, 9.17) is 18.9 Å². The van der Waals surface area contributed by atoms with Gasteiger partial charge in [0.1, 0.15) is 12.3 Å². The number of rotatable bonds is 5. The average molecular weight is 267 g/mol. The van der Waals surface area contributed by atoms with Crippen LogP contribution < -0.4 is 19.5 Å². The van der Waals surface area contributed by atoms with Gasteiger partial charge in [-0.15, -0.1) is 0 Å². The van der Waals surface area contributed by atoms with Crippen molar-refractivity contribution in [1.82, 2.24) is 0 Å². The van der Waals surface area contributed by atoms with Crippen molar-refractivity contribution in [3.05, 3.63) is 11.1 Å². The smallest absolute Gasteiger partial charge is 0.341 e. The van der Waals surface area contributed by atoms with Crippen LogP contribution in [0.3, 0.4) is 0 Å². The maximum atomic E-state index is 11.8. The highest BCUT2D eigenvalue weighted by Crippen LogP contribution is 2.50. The van der Waals surface area contributed by atoms with Gasteiger partial charge in [-0.1, -0.05) is 0 Å². The Bertz CT molecular complexity index is 540. The predicted molar refractivity (Wildman–Crippen MR) is 64.9 cm³/mol. The minimum Gasteiger partial charge on any atom is -0.492 e. The number of benzene rings is 1. The number of carbonyl (C=O) groups is 2. The third kappa shape index (κ3) is 1.83. The van der Waals surface area contributed by atoms with E-state index in [0.717, 1.165) is 0 Å². The molecule has 0 radical (unpaired) electrons. The third-order valence-electron chi connectivity index (χ3n) is 2.83. The Labute approximate surface area is 109 Å². The molecule has 7 heteroatoms. The van der Waals surface area contributed by atoms with E-state index in [9.17, 15) is 9.59 Å². The fourth-order valence-corrected chi connectivity index (χ4v) is 2.10. The van der Waals surface area contributed by atoms with E-state index in [0.29, 0.717) is 23.5 Å². The van der Waals surface area contributed by atoms with Crippen molar-refractivity contribution < 1.29 is 28.5 Å². The van der Waals surface area contributed by atoms with Crippen molar-refractivity contribution in [2.75, 3.05) is 26.6 Å². The molecular weight excluding hydrogens is 254 g/mol. The highest BCUT2D eigenvalue weighted by atomic mass is 16.5. The molecule has 0 aromatic heterocycles. The van der Waals surface area contributed by atoms with E-state index in [2.05, 4.69) is 5.32 Å². The molecule has 19 heavy (non-hydrogen) atoms. The van der Waals surface area contributed by atoms with Crippen LogP contribution in [0.5, 0.6) is 17.2 Å². The Balaban J connectivity index is 2.82. The molecule has 0 unspecified atom stereocenters. The van der Waals surface area contributed by atoms with Crippen molar-refractivity contribution in [1.29, 1.82) is 0 Å². The molecule has 0 bridgehead atoms. The molecule has 1 aromatic carbocycles. The van der Waals surface area contributed by atoms with Gasteiger partial charge in [0.05, 0.1) is 32.5 Å². The minimum atomic E-state index is -0.543. The monoisotopic (exact) mass is 267 g/mol. The Hall–Kier alpha value is -2.44. The lowest BCUT2D eigenvalue weighted by atomic mass is 10.0. The number of nitrogens with one attached hydrogen (secondary N) is 1. The maximum Gasteiger partial charge on any atom is 0.341 e. The molecule has 2 rings (SSSR count). The maximum absolute atomic E-state index is 11.8. The van der Waals surface area contributed by atoms with Crippen molar-refractivity contribution in [2.24, 2.45) is 0 Å². The highest BCUT2D eigenvalue weighted by Gasteiger charge is 2.35. The van der Waals surface area contributed by atoms with E-state index in [1.807, 2.05) is 0 Å². The summed E-state index contributed by atoms with van der Waals surface area (Å²) in [6, 6.07) is 0. The van der Waals surface area contributed by atoms with E-state index in [-0.39, 0.29) is 23.6 Å². The van der Waals surface area contributed by atoms with Gasteiger partial charge in [-0.05, 0) is 0 Å². The van der Waals surface area contributed by atoms with Crippen molar-refractivity contribution in [2.45, 2.75) is 6.61 Å². The van der Waals surface area contributed by atoms with Crippen LogP contribution >= 0.6 is 0 Å². The van der Waals surface area contributed by atoms with Crippen LogP contribution in [0.4, 0.5) is 5.69 Å². The quantitative estimate of drug-likeness (QED) is 0.631. The number of anilines is 1. The molecule has 1 aromatic rings. The summed E-state index contributed by atoms with van der Waals surface area (Å²) in [5.41, 5.74) is 0.962. The molecule has 1 aliphatic rings. The molecule has 102 valence electrons. The summed E-state index contributed by atoms with van der Waals surface area (Å²) in [5, 5.41) is 2.44. The van der Waals surface area contributed by atoms with E-state index in [1.54, 1.807) is 0 Å². The first kappa shape index (κ1) is 13.0. The first-order chi connectivity index (χ1) is 9.19. The Morgan fingerprint density at radius 1 is 1.11 bits per heavy atom. The molecule has 1 aliphatic heterocycles. The third-order valence-corrected chi connectivity index (χ3v) is 2.83. The summed E-state index contributed by atoms with van der Waals surface area (Å²) in [6.07, 6.45) is 0.454. The number of methoxy groups -OCH3 is 3. The Morgan fingerprint density at radius 2 is 1.74 bits per heavy atom. The summed E-state index contributed by atoms with van der Waals surface area (Å²) < 4.78 is 20.7. The fourth-order valence-electron chi connectivity index (χ4n) is 2.10. The number of carbonyl (C=O) groups excluding carboxylic acids is 2. The zero-order valence-electron chi connectivity index (χ0n) is 10.7. The number of esters is 1. The van der Waals surface area contributed by atoms with Crippen LogP contribution in [0, 0.1) is 0 Å². The standard InChI is InChI=1S/C12H13NO6/c1-16-9-6-4-19-12(15)7(6)8(13-5-14)10(17-2)11(9)18-3/h5H,4H2,1-3H3,(H,13,14). The molecule has 0 saturated heterocycles. The summed E-state index contributed by atoms with van der Waals surface area (Å²) in [5.74, 6) is 0.325. The summed E-state index contributed by atoms with van der Waals surface area (Å²) in [6.45, 7) is 0.0607. The van der Waals surface area contributed by atoms with Gasteiger partial charge < -0.3 is 24.3 Å². The molecular formula is C12H13NO6. The first-order valence-corrected chi connectivity index (χ1v) is 5.41. The normalized spacial score (nSPS) is 12.5. The van der Waals surface area contributed by atoms with Crippen LogP contribution in [-0.4, -0.2) is 33.7 Å². The number of amides is 1. The second-order valence-corrected chi connectivity index (χ2v) is 3.67. The molecule has 0 atom stereocenters. The lowest BCUT2D eigenvalue weighted by Gasteiger charge is -2.18. The van der Waals surface area contributed by atoms with E-state index in [1.165, 1.54) is 21.3 Å². The van der Waals surface area contributed by atoms with Gasteiger partial charge in [-0.25, -0.2) is 4.79 Å². The highest BCUT2D eigenvalue weighted by molar-refractivity contribution is 6.05. The minimum absolute atomic E-state index is 0.0607. The zero-order chi connectivity index (χ0) is 14.0. The molecule has 0 fully saturated rings. The largest absolute Gasteiger partial charge is 0.492 e. The molecule has 1 heterocycles. The van der Waals surface area contributed by atoms with Gasteiger partial charge in [-0.2, -0.15) is 0 Å². The first-order valence-electron chi connectivity index (χ1n) is 5.41. The second kappa shape index (κ2) is 5.05. The zero-order valence-corrected chi connectivity index (χ0v) is 10.7. The van der Waals surface area contributed by atoms with E-state index >= 15 is 0 Å². The molecule has 0 saturated carbocycles. The number of hydrogen-bond donors (Lipinski definition) is 1. The van der Waals surface area contributed by atoms with Crippen LogP contribution in [0.15, 0.2) is 0 Å². The van der Waals surface area contributed by atoms with E-state index < -0.39 is 5.97 Å². The topological polar surface area (TPSA) is 83.1 Å². The molecule has 1 N–H and O–H groups in total. The number of fused-ring (bicyclic) bond motifs is 1.